The van der Waals surface area contributed by atoms with Crippen LogP contribution in [0.5, 0.6) is 0 Å². The van der Waals surface area contributed by atoms with E-state index < -0.39 is 5.95 Å². The van der Waals surface area contributed by atoms with Crippen LogP contribution in [0.3, 0.4) is 0 Å². The lowest BCUT2D eigenvalue weighted by molar-refractivity contribution is -0.119. The lowest BCUT2D eigenvalue weighted by atomic mass is 10.1. The second-order valence-electron chi connectivity index (χ2n) is 9.23. The van der Waals surface area contributed by atoms with Gasteiger partial charge in [0.15, 0.2) is 5.82 Å². The molecule has 9 nitrogen and oxygen atoms in total. The third kappa shape index (κ3) is 4.20. The summed E-state index contributed by atoms with van der Waals surface area (Å²) in [7, 11) is 1.69. The molecular weight excluding hydrogens is 435 g/mol. The van der Waals surface area contributed by atoms with Gasteiger partial charge in [0.1, 0.15) is 11.9 Å². The molecule has 2 N–H and O–H groups in total. The fraction of sp³-hybridized carbons (Fsp3) is 0.458. The van der Waals surface area contributed by atoms with Crippen molar-refractivity contribution in [2.75, 3.05) is 28.7 Å². The molecule has 178 valence electrons. The molecule has 10 heteroatoms. The van der Waals surface area contributed by atoms with Gasteiger partial charge < -0.3 is 15.1 Å². The van der Waals surface area contributed by atoms with E-state index >= 15 is 0 Å². The minimum atomic E-state index is -0.573. The maximum absolute atomic E-state index is 13.4. The number of nitrogens with one attached hydrogen (secondary N) is 2. The predicted molar refractivity (Wildman–Crippen MR) is 128 cm³/mol. The molecule has 4 heterocycles. The first kappa shape index (κ1) is 22.2. The quantitative estimate of drug-likeness (QED) is 0.536. The highest BCUT2D eigenvalue weighted by Gasteiger charge is 2.36. The normalized spacial score (nSPS) is 17.3. The summed E-state index contributed by atoms with van der Waals surface area (Å²) in [5.41, 5.74) is 3.75. The second kappa shape index (κ2) is 9.00. The van der Waals surface area contributed by atoms with Gasteiger partial charge in [-0.15, -0.1) is 0 Å². The van der Waals surface area contributed by atoms with Crippen LogP contribution in [0, 0.1) is 5.95 Å². The number of aromatic nitrogens is 5. The van der Waals surface area contributed by atoms with Crippen LogP contribution in [0.15, 0.2) is 24.4 Å². The molecule has 0 bridgehead atoms. The number of pyridine rings is 1. The number of anilines is 4. The van der Waals surface area contributed by atoms with Crippen LogP contribution in [-0.2, 0) is 17.6 Å². The number of halogens is 1. The number of nitrogens with zero attached hydrogens (tertiary/aromatic N) is 6. The molecule has 5 rings (SSSR count). The summed E-state index contributed by atoms with van der Waals surface area (Å²) in [4.78, 5) is 30.3. The summed E-state index contributed by atoms with van der Waals surface area (Å²) in [6, 6.07) is 4.43. The van der Waals surface area contributed by atoms with Gasteiger partial charge in [-0.3, -0.25) is 9.89 Å². The maximum Gasteiger partial charge on any atom is 0.249 e. The van der Waals surface area contributed by atoms with Gasteiger partial charge in [-0.25, -0.2) is 9.97 Å². The van der Waals surface area contributed by atoms with Crippen molar-refractivity contribution in [3.05, 3.63) is 47.3 Å². The van der Waals surface area contributed by atoms with E-state index in [0.717, 1.165) is 54.3 Å². The third-order valence-electron chi connectivity index (χ3n) is 6.61. The van der Waals surface area contributed by atoms with E-state index in [4.69, 9.17) is 9.97 Å². The van der Waals surface area contributed by atoms with Gasteiger partial charge in [0, 0.05) is 30.9 Å². The lowest BCUT2D eigenvalue weighted by Gasteiger charge is -2.28. The van der Waals surface area contributed by atoms with Crippen LogP contribution in [0.4, 0.5) is 27.7 Å². The zero-order valence-electron chi connectivity index (χ0n) is 19.7. The maximum atomic E-state index is 13.4. The molecule has 1 atom stereocenters. The Labute approximate surface area is 197 Å². The Morgan fingerprint density at radius 2 is 2.12 bits per heavy atom. The van der Waals surface area contributed by atoms with Gasteiger partial charge in [-0.1, -0.05) is 13.8 Å². The van der Waals surface area contributed by atoms with Gasteiger partial charge in [0.05, 0.1) is 17.6 Å². The first-order valence-corrected chi connectivity index (χ1v) is 11.8. The number of aromatic amines is 1. The van der Waals surface area contributed by atoms with Gasteiger partial charge in [0.2, 0.25) is 17.8 Å². The first-order valence-electron chi connectivity index (χ1n) is 11.8. The van der Waals surface area contributed by atoms with Crippen molar-refractivity contribution >= 4 is 29.2 Å². The number of aryl methyl sites for hydroxylation is 1. The molecule has 0 aromatic carbocycles. The predicted octanol–water partition coefficient (Wildman–Crippen LogP) is 3.72. The number of carbonyl (C=O) groups excluding carboxylic acids is 1. The molecule has 1 fully saturated rings. The van der Waals surface area contributed by atoms with Crippen LogP contribution in [0.1, 0.15) is 56.0 Å². The van der Waals surface area contributed by atoms with Crippen molar-refractivity contribution in [1.82, 2.24) is 25.1 Å². The molecule has 1 aliphatic heterocycles. The van der Waals surface area contributed by atoms with E-state index in [9.17, 15) is 9.18 Å². The summed E-state index contributed by atoms with van der Waals surface area (Å²) < 4.78 is 13.2. The number of likely N-dealkylation sites (N-methyl/N-ethyl adjacent to an activating group) is 1. The van der Waals surface area contributed by atoms with Gasteiger partial charge in [-0.2, -0.15) is 14.5 Å². The topological polar surface area (TPSA) is 103 Å². The minimum absolute atomic E-state index is 0.0848. The Bertz CT molecular complexity index is 1190. The second-order valence-corrected chi connectivity index (χ2v) is 9.23. The van der Waals surface area contributed by atoms with Crippen LogP contribution in [0.2, 0.25) is 0 Å². The first-order chi connectivity index (χ1) is 16.4. The summed E-state index contributed by atoms with van der Waals surface area (Å²) in [5.74, 6) is 1.73. The summed E-state index contributed by atoms with van der Waals surface area (Å²) in [5, 5.41) is 10.8. The molecule has 0 radical (unpaired) electrons. The largest absolute Gasteiger partial charge is 0.329 e. The molecule has 3 aromatic rings. The Hall–Kier alpha value is -3.56. The van der Waals surface area contributed by atoms with Crippen LogP contribution >= 0.6 is 0 Å². The van der Waals surface area contributed by atoms with Crippen LogP contribution < -0.4 is 15.1 Å². The highest BCUT2D eigenvalue weighted by atomic mass is 19.1. The molecule has 1 amide bonds. The number of fused-ring (bicyclic) bond motifs is 1. The molecule has 1 aliphatic carbocycles. The summed E-state index contributed by atoms with van der Waals surface area (Å²) in [6.07, 6.45) is 5.79. The van der Waals surface area contributed by atoms with Gasteiger partial charge in [-0.05, 0) is 50.2 Å². The van der Waals surface area contributed by atoms with E-state index in [-0.39, 0.29) is 11.9 Å². The molecule has 2 aliphatic rings. The minimum Gasteiger partial charge on any atom is -0.329 e. The number of H-pyrrole nitrogens is 1. The van der Waals surface area contributed by atoms with E-state index in [1.54, 1.807) is 13.1 Å². The highest BCUT2D eigenvalue weighted by Crippen LogP contribution is 2.33. The van der Waals surface area contributed by atoms with E-state index in [0.29, 0.717) is 30.5 Å². The van der Waals surface area contributed by atoms with Gasteiger partial charge in [0.25, 0.3) is 0 Å². The molecule has 0 unspecified atom stereocenters. The molecule has 34 heavy (non-hydrogen) atoms. The number of hydrogen-bond donors (Lipinski definition) is 2. The number of amides is 1. The smallest absolute Gasteiger partial charge is 0.249 e. The Morgan fingerprint density at radius 3 is 2.85 bits per heavy atom. The number of carbonyl (C=O) groups is 1. The standard InChI is InChI=1S/C24H29FN8O/c1-14(2)18-12-21(31-30-18)28-22-16-6-4-7-17(16)27-24(29-22)33-11-5-8-19(33)23(34)32(3)15-9-10-20(25)26-13-15/h9-10,12-14,19H,4-8,11H2,1-3H3,(H2,27,28,29,30,31)/t19-/m1/s1. The van der Waals surface area contributed by atoms with Crippen molar-refractivity contribution in [2.24, 2.45) is 0 Å². The molecule has 0 saturated carbocycles. The summed E-state index contributed by atoms with van der Waals surface area (Å²) in [6.45, 7) is 4.92. The Balaban J connectivity index is 1.42. The van der Waals surface area contributed by atoms with E-state index in [1.807, 2.05) is 11.0 Å². The fourth-order valence-corrected chi connectivity index (χ4v) is 4.65. The highest BCUT2D eigenvalue weighted by molar-refractivity contribution is 5.98. The van der Waals surface area contributed by atoms with Crippen molar-refractivity contribution < 1.29 is 9.18 Å². The van der Waals surface area contributed by atoms with Crippen molar-refractivity contribution in [2.45, 2.75) is 57.9 Å². The number of rotatable bonds is 6. The Kier molecular flexibility index (Phi) is 5.89. The van der Waals surface area contributed by atoms with E-state index in [1.165, 1.54) is 17.2 Å². The summed E-state index contributed by atoms with van der Waals surface area (Å²) >= 11 is 0. The molecular formula is C24H29FN8O. The van der Waals surface area contributed by atoms with Crippen molar-refractivity contribution in [3.8, 4) is 0 Å². The molecule has 1 saturated heterocycles. The van der Waals surface area contributed by atoms with Crippen LogP contribution in [-0.4, -0.2) is 50.7 Å². The zero-order valence-corrected chi connectivity index (χ0v) is 19.7. The number of hydrogen-bond acceptors (Lipinski definition) is 7. The van der Waals surface area contributed by atoms with E-state index in [2.05, 4.69) is 34.3 Å². The fourth-order valence-electron chi connectivity index (χ4n) is 4.65. The van der Waals surface area contributed by atoms with Crippen molar-refractivity contribution in [3.63, 3.8) is 0 Å². The van der Waals surface area contributed by atoms with Crippen molar-refractivity contribution in [1.29, 1.82) is 0 Å². The Morgan fingerprint density at radius 1 is 1.26 bits per heavy atom. The molecule has 0 spiro atoms. The SMILES string of the molecule is CC(C)c1cc(Nc2nc(N3CCC[C@@H]3C(=O)N(C)c3ccc(F)nc3)nc3c2CCC3)n[nH]1. The average Bonchev–Trinajstić information content (AvgIpc) is 3.58. The average molecular weight is 465 g/mol. The zero-order chi connectivity index (χ0) is 23.8. The molecule has 3 aromatic heterocycles. The monoisotopic (exact) mass is 464 g/mol. The van der Waals surface area contributed by atoms with Gasteiger partial charge >= 0.3 is 0 Å². The van der Waals surface area contributed by atoms with Crippen LogP contribution in [0.25, 0.3) is 0 Å². The third-order valence-corrected chi connectivity index (χ3v) is 6.61. The lowest BCUT2D eigenvalue weighted by Crippen LogP contribution is -2.45.